The zero-order chi connectivity index (χ0) is 26.2. The fourth-order valence-corrected chi connectivity index (χ4v) is 5.45. The molecule has 1 aromatic heterocycles. The third-order valence-electron chi connectivity index (χ3n) is 7.13. The van der Waals surface area contributed by atoms with Gasteiger partial charge < -0.3 is 9.32 Å². The van der Waals surface area contributed by atoms with E-state index in [2.05, 4.69) is 108 Å². The largest absolute Gasteiger partial charge is 0.454 e. The standard InChI is InChI=1S/C36H24ClNO/c37-29-23-33-32-13-7-8-14-35(32)39-36(33)34(24-29)38(30-19-15-27(16-20-30)25-9-3-1-4-10-25)31-21-17-28(18-22-31)26-11-5-2-6-12-26/h1-24H. The summed E-state index contributed by atoms with van der Waals surface area (Å²) < 4.78 is 6.45. The molecule has 0 unspecified atom stereocenters. The van der Waals surface area contributed by atoms with Crippen LogP contribution in [0.2, 0.25) is 5.02 Å². The van der Waals surface area contributed by atoms with Gasteiger partial charge in [0, 0.05) is 27.2 Å². The Bertz CT molecular complexity index is 1810. The number of hydrogen-bond acceptors (Lipinski definition) is 2. The fourth-order valence-electron chi connectivity index (χ4n) is 5.24. The highest BCUT2D eigenvalue weighted by molar-refractivity contribution is 6.32. The van der Waals surface area contributed by atoms with E-state index in [0.717, 1.165) is 39.0 Å². The van der Waals surface area contributed by atoms with Crippen molar-refractivity contribution in [3.8, 4) is 22.3 Å². The predicted octanol–water partition coefficient (Wildman–Crippen LogP) is 11.0. The van der Waals surface area contributed by atoms with Crippen LogP contribution in [0.15, 0.2) is 150 Å². The zero-order valence-corrected chi connectivity index (χ0v) is 21.8. The van der Waals surface area contributed by atoms with Crippen molar-refractivity contribution >= 4 is 50.6 Å². The Morgan fingerprint density at radius 1 is 0.462 bits per heavy atom. The molecule has 1 heterocycles. The summed E-state index contributed by atoms with van der Waals surface area (Å²) in [6.45, 7) is 0. The first-order valence-corrected chi connectivity index (χ1v) is 13.3. The van der Waals surface area contributed by atoms with Gasteiger partial charge in [0.1, 0.15) is 5.58 Å². The minimum absolute atomic E-state index is 0.663. The average Bonchev–Trinajstić information content (AvgIpc) is 3.37. The van der Waals surface area contributed by atoms with Crippen molar-refractivity contribution in [2.24, 2.45) is 0 Å². The van der Waals surface area contributed by atoms with E-state index in [1.54, 1.807) is 0 Å². The highest BCUT2D eigenvalue weighted by atomic mass is 35.5. The SMILES string of the molecule is Clc1cc(N(c2ccc(-c3ccccc3)cc2)c2ccc(-c3ccccc3)cc2)c2oc3ccccc3c2c1. The van der Waals surface area contributed by atoms with E-state index in [-0.39, 0.29) is 0 Å². The second-order valence-corrected chi connectivity index (χ2v) is 10.00. The third kappa shape index (κ3) is 4.35. The molecular formula is C36H24ClNO. The molecule has 0 saturated carbocycles. The molecule has 0 aliphatic heterocycles. The van der Waals surface area contributed by atoms with Gasteiger partial charge in [0.2, 0.25) is 0 Å². The van der Waals surface area contributed by atoms with Gasteiger partial charge in [-0.05, 0) is 64.7 Å². The molecular weight excluding hydrogens is 498 g/mol. The van der Waals surface area contributed by atoms with Gasteiger partial charge in [-0.25, -0.2) is 0 Å². The molecule has 186 valence electrons. The van der Waals surface area contributed by atoms with Gasteiger partial charge in [-0.15, -0.1) is 0 Å². The second-order valence-electron chi connectivity index (χ2n) is 9.56. The van der Waals surface area contributed by atoms with Crippen LogP contribution >= 0.6 is 11.6 Å². The van der Waals surface area contributed by atoms with Crippen LogP contribution in [0.4, 0.5) is 17.1 Å². The molecule has 0 atom stereocenters. The molecule has 0 fully saturated rings. The first-order valence-electron chi connectivity index (χ1n) is 13.0. The average molecular weight is 522 g/mol. The number of furan rings is 1. The van der Waals surface area contributed by atoms with Crippen LogP contribution < -0.4 is 4.90 Å². The van der Waals surface area contributed by atoms with Gasteiger partial charge in [0.25, 0.3) is 0 Å². The number of hydrogen-bond donors (Lipinski definition) is 0. The maximum Gasteiger partial charge on any atom is 0.159 e. The summed E-state index contributed by atoms with van der Waals surface area (Å²) in [6.07, 6.45) is 0. The molecule has 0 N–H and O–H groups in total. The monoisotopic (exact) mass is 521 g/mol. The third-order valence-corrected chi connectivity index (χ3v) is 7.35. The summed E-state index contributed by atoms with van der Waals surface area (Å²) in [6, 6.07) is 50.2. The van der Waals surface area contributed by atoms with Gasteiger partial charge >= 0.3 is 0 Å². The maximum atomic E-state index is 6.74. The summed E-state index contributed by atoms with van der Waals surface area (Å²) in [5, 5.41) is 2.71. The molecule has 7 rings (SSSR count). The molecule has 3 heteroatoms. The molecule has 0 aliphatic rings. The van der Waals surface area contributed by atoms with E-state index in [9.17, 15) is 0 Å². The highest BCUT2D eigenvalue weighted by Crippen LogP contribution is 2.44. The Morgan fingerprint density at radius 3 is 1.51 bits per heavy atom. The van der Waals surface area contributed by atoms with Crippen LogP contribution in [0, 0.1) is 0 Å². The van der Waals surface area contributed by atoms with E-state index in [4.69, 9.17) is 16.0 Å². The summed E-state index contributed by atoms with van der Waals surface area (Å²) in [5.74, 6) is 0. The summed E-state index contributed by atoms with van der Waals surface area (Å²) in [5.41, 5.74) is 9.29. The van der Waals surface area contributed by atoms with Gasteiger partial charge in [-0.3, -0.25) is 0 Å². The number of benzene rings is 6. The van der Waals surface area contributed by atoms with Gasteiger partial charge in [-0.2, -0.15) is 0 Å². The number of anilines is 3. The molecule has 0 radical (unpaired) electrons. The first kappa shape index (κ1) is 23.3. The molecule has 0 aliphatic carbocycles. The smallest absolute Gasteiger partial charge is 0.159 e. The van der Waals surface area contributed by atoms with Crippen LogP contribution in [0.5, 0.6) is 0 Å². The lowest BCUT2D eigenvalue weighted by Gasteiger charge is -2.26. The number of rotatable bonds is 5. The highest BCUT2D eigenvalue weighted by Gasteiger charge is 2.20. The Hall–Kier alpha value is -4.79. The molecule has 0 saturated heterocycles. The molecule has 2 nitrogen and oxygen atoms in total. The number of para-hydroxylation sites is 1. The molecule has 0 spiro atoms. The lowest BCUT2D eigenvalue weighted by atomic mass is 10.0. The van der Waals surface area contributed by atoms with Crippen molar-refractivity contribution in [2.45, 2.75) is 0 Å². The van der Waals surface area contributed by atoms with Crippen LogP contribution in [0.3, 0.4) is 0 Å². The first-order chi connectivity index (χ1) is 19.2. The number of halogens is 1. The topological polar surface area (TPSA) is 16.4 Å². The fraction of sp³-hybridized carbons (Fsp3) is 0. The van der Waals surface area contributed by atoms with E-state index >= 15 is 0 Å². The van der Waals surface area contributed by atoms with E-state index < -0.39 is 0 Å². The van der Waals surface area contributed by atoms with Crippen molar-refractivity contribution in [3.05, 3.63) is 151 Å². The molecule has 7 aromatic rings. The van der Waals surface area contributed by atoms with Crippen LogP contribution in [0.25, 0.3) is 44.2 Å². The van der Waals surface area contributed by atoms with Crippen molar-refractivity contribution in [3.63, 3.8) is 0 Å². The van der Waals surface area contributed by atoms with Crippen molar-refractivity contribution in [1.82, 2.24) is 0 Å². The summed E-state index contributed by atoms with van der Waals surface area (Å²) in [7, 11) is 0. The van der Waals surface area contributed by atoms with Crippen molar-refractivity contribution in [1.29, 1.82) is 0 Å². The lowest BCUT2D eigenvalue weighted by Crippen LogP contribution is -2.10. The quantitative estimate of drug-likeness (QED) is 0.224. The molecule has 39 heavy (non-hydrogen) atoms. The van der Waals surface area contributed by atoms with Gasteiger partial charge in [0.15, 0.2) is 5.58 Å². The van der Waals surface area contributed by atoms with Gasteiger partial charge in [-0.1, -0.05) is 115 Å². The minimum atomic E-state index is 0.663. The Balaban J connectivity index is 1.41. The molecule has 0 bridgehead atoms. The summed E-state index contributed by atoms with van der Waals surface area (Å²) >= 11 is 6.74. The molecule has 0 amide bonds. The zero-order valence-electron chi connectivity index (χ0n) is 21.1. The number of nitrogens with zero attached hydrogens (tertiary/aromatic N) is 1. The van der Waals surface area contributed by atoms with Crippen LogP contribution in [0.1, 0.15) is 0 Å². The minimum Gasteiger partial charge on any atom is -0.454 e. The van der Waals surface area contributed by atoms with Crippen molar-refractivity contribution in [2.75, 3.05) is 4.90 Å². The van der Waals surface area contributed by atoms with E-state index in [1.807, 2.05) is 42.5 Å². The van der Waals surface area contributed by atoms with Crippen LogP contribution in [-0.2, 0) is 0 Å². The number of fused-ring (bicyclic) bond motifs is 3. The maximum absolute atomic E-state index is 6.74. The Labute approximate surface area is 232 Å². The van der Waals surface area contributed by atoms with E-state index in [1.165, 1.54) is 22.3 Å². The summed E-state index contributed by atoms with van der Waals surface area (Å²) in [4.78, 5) is 2.22. The van der Waals surface area contributed by atoms with Crippen molar-refractivity contribution < 1.29 is 4.42 Å². The van der Waals surface area contributed by atoms with Gasteiger partial charge in [0.05, 0.1) is 5.69 Å². The van der Waals surface area contributed by atoms with Crippen LogP contribution in [-0.4, -0.2) is 0 Å². The van der Waals surface area contributed by atoms with E-state index in [0.29, 0.717) is 5.02 Å². The lowest BCUT2D eigenvalue weighted by molar-refractivity contribution is 0.669. The predicted molar refractivity (Wildman–Crippen MR) is 164 cm³/mol. The Morgan fingerprint density at radius 2 is 0.949 bits per heavy atom. The molecule has 6 aromatic carbocycles. The normalized spacial score (nSPS) is 11.2. The Kier molecular flexibility index (Phi) is 5.88. The second kappa shape index (κ2) is 9.83.